The number of amides is 4. The molecule has 0 saturated carbocycles. The molecule has 1 aliphatic heterocycles. The topological polar surface area (TPSA) is 113 Å². The Morgan fingerprint density at radius 3 is 2.78 bits per heavy atom. The highest BCUT2D eigenvalue weighted by Gasteiger charge is 2.25. The average Bonchev–Trinajstić information content (AvgIpc) is 3.13. The summed E-state index contributed by atoms with van der Waals surface area (Å²) in [6.45, 7) is 0.777. The summed E-state index contributed by atoms with van der Waals surface area (Å²) < 4.78 is 4.98. The summed E-state index contributed by atoms with van der Waals surface area (Å²) in [6, 6.07) is 9.68. The lowest BCUT2D eigenvalue weighted by Crippen LogP contribution is -2.38. The lowest BCUT2D eigenvalue weighted by atomic mass is 10.2. The van der Waals surface area contributed by atoms with Gasteiger partial charge in [-0.2, -0.15) is 0 Å². The van der Waals surface area contributed by atoms with Crippen molar-refractivity contribution in [3.05, 3.63) is 48.2 Å². The number of hydrogen-bond donors (Lipinski definition) is 3. The number of pyridine rings is 1. The second-order valence-corrected chi connectivity index (χ2v) is 5.76. The maximum absolute atomic E-state index is 12.4. The minimum atomic E-state index is -0.386. The highest BCUT2D eigenvalue weighted by molar-refractivity contribution is 6.04. The zero-order valence-electron chi connectivity index (χ0n) is 14.7. The smallest absolute Gasteiger partial charge is 0.324 e. The number of hydrogen-bond acceptors (Lipinski definition) is 6. The molecule has 2 heterocycles. The van der Waals surface area contributed by atoms with Crippen molar-refractivity contribution in [2.45, 2.75) is 0 Å². The Morgan fingerprint density at radius 1 is 1.26 bits per heavy atom. The van der Waals surface area contributed by atoms with E-state index in [1.54, 1.807) is 36.4 Å². The van der Waals surface area contributed by atoms with Gasteiger partial charge in [0.25, 0.3) is 5.91 Å². The quantitative estimate of drug-likeness (QED) is 0.708. The van der Waals surface area contributed by atoms with Crippen LogP contribution in [-0.4, -0.2) is 54.5 Å². The zero-order chi connectivity index (χ0) is 19.2. The SMILES string of the molecule is COc1ccc(NC(=O)c2cccc(NCC(=O)N3CCNC3=O)c2)cn1. The Bertz CT molecular complexity index is 853. The number of aromatic nitrogens is 1. The minimum Gasteiger partial charge on any atom is -0.481 e. The van der Waals surface area contributed by atoms with Crippen LogP contribution in [0.2, 0.25) is 0 Å². The summed E-state index contributed by atoms with van der Waals surface area (Å²) in [5.74, 6) is -0.185. The molecule has 4 amide bonds. The van der Waals surface area contributed by atoms with Crippen LogP contribution in [-0.2, 0) is 4.79 Å². The van der Waals surface area contributed by atoms with Crippen LogP contribution in [0.15, 0.2) is 42.6 Å². The summed E-state index contributed by atoms with van der Waals surface area (Å²) in [6.07, 6.45) is 1.50. The molecule has 1 aromatic heterocycles. The number of imide groups is 1. The number of ether oxygens (including phenoxy) is 1. The molecule has 3 rings (SSSR count). The van der Waals surface area contributed by atoms with Gasteiger partial charge in [0.05, 0.1) is 25.5 Å². The zero-order valence-corrected chi connectivity index (χ0v) is 14.7. The highest BCUT2D eigenvalue weighted by Crippen LogP contribution is 2.15. The number of urea groups is 1. The number of anilines is 2. The molecule has 9 heteroatoms. The van der Waals surface area contributed by atoms with Gasteiger partial charge in [-0.25, -0.2) is 9.78 Å². The van der Waals surface area contributed by atoms with Gasteiger partial charge in [0.1, 0.15) is 0 Å². The molecule has 1 saturated heterocycles. The number of carbonyl (C=O) groups excluding carboxylic acids is 3. The monoisotopic (exact) mass is 369 g/mol. The fourth-order valence-corrected chi connectivity index (χ4v) is 2.53. The van der Waals surface area contributed by atoms with Gasteiger partial charge in [-0.05, 0) is 24.3 Å². The number of methoxy groups -OCH3 is 1. The molecule has 1 aromatic carbocycles. The molecule has 0 unspecified atom stereocenters. The number of nitrogens with one attached hydrogen (secondary N) is 3. The maximum Gasteiger partial charge on any atom is 0.324 e. The van der Waals surface area contributed by atoms with Crippen molar-refractivity contribution >= 4 is 29.2 Å². The van der Waals surface area contributed by atoms with E-state index in [2.05, 4.69) is 20.9 Å². The second kappa shape index (κ2) is 8.17. The summed E-state index contributed by atoms with van der Waals surface area (Å²) >= 11 is 0. The molecule has 0 radical (unpaired) electrons. The fourth-order valence-electron chi connectivity index (χ4n) is 2.53. The predicted octanol–water partition coefficient (Wildman–Crippen LogP) is 1.31. The van der Waals surface area contributed by atoms with Crippen LogP contribution in [0.5, 0.6) is 5.88 Å². The van der Waals surface area contributed by atoms with Crippen LogP contribution in [0.3, 0.4) is 0 Å². The molecule has 0 bridgehead atoms. The molecule has 1 fully saturated rings. The first-order chi connectivity index (χ1) is 13.1. The van der Waals surface area contributed by atoms with Crippen molar-refractivity contribution in [3.8, 4) is 5.88 Å². The average molecular weight is 369 g/mol. The van der Waals surface area contributed by atoms with Crippen molar-refractivity contribution in [2.75, 3.05) is 37.4 Å². The Labute approximate surface area is 155 Å². The number of rotatable bonds is 6. The first-order valence-electron chi connectivity index (χ1n) is 8.30. The molecule has 140 valence electrons. The van der Waals surface area contributed by atoms with Gasteiger partial charge in [0.2, 0.25) is 11.8 Å². The molecule has 0 atom stereocenters. The maximum atomic E-state index is 12.4. The molecule has 0 aliphatic carbocycles. The molecular formula is C18H19N5O4. The van der Waals surface area contributed by atoms with E-state index in [0.29, 0.717) is 35.9 Å². The molecule has 1 aliphatic rings. The Morgan fingerprint density at radius 2 is 2.11 bits per heavy atom. The van der Waals surface area contributed by atoms with Crippen molar-refractivity contribution in [2.24, 2.45) is 0 Å². The molecular weight excluding hydrogens is 350 g/mol. The summed E-state index contributed by atoms with van der Waals surface area (Å²) in [7, 11) is 1.51. The van der Waals surface area contributed by atoms with Crippen molar-refractivity contribution in [1.29, 1.82) is 0 Å². The Hall–Kier alpha value is -3.62. The van der Waals surface area contributed by atoms with E-state index < -0.39 is 0 Å². The third-order valence-corrected chi connectivity index (χ3v) is 3.93. The van der Waals surface area contributed by atoms with Gasteiger partial charge in [-0.1, -0.05) is 6.07 Å². The molecule has 3 N–H and O–H groups in total. The second-order valence-electron chi connectivity index (χ2n) is 5.76. The van der Waals surface area contributed by atoms with Gasteiger partial charge in [-0.3, -0.25) is 14.5 Å². The van der Waals surface area contributed by atoms with E-state index in [-0.39, 0.29) is 24.4 Å². The minimum absolute atomic E-state index is 0.0408. The molecule has 0 spiro atoms. The molecule has 27 heavy (non-hydrogen) atoms. The van der Waals surface area contributed by atoms with Gasteiger partial charge >= 0.3 is 6.03 Å². The highest BCUT2D eigenvalue weighted by atomic mass is 16.5. The van der Waals surface area contributed by atoms with Crippen LogP contribution in [0.25, 0.3) is 0 Å². The number of nitrogens with zero attached hydrogens (tertiary/aromatic N) is 2. The first-order valence-corrected chi connectivity index (χ1v) is 8.30. The Balaban J connectivity index is 1.59. The normalized spacial score (nSPS) is 13.1. The van der Waals surface area contributed by atoms with Crippen LogP contribution >= 0.6 is 0 Å². The van der Waals surface area contributed by atoms with Gasteiger partial charge in [0, 0.05) is 30.4 Å². The van der Waals surface area contributed by atoms with Crippen molar-refractivity contribution < 1.29 is 19.1 Å². The standard InChI is InChI=1S/C18H19N5O4/c1-27-15-6-5-14(10-21-15)22-17(25)12-3-2-4-13(9-12)20-11-16(24)23-8-7-19-18(23)26/h2-6,9-10,20H,7-8,11H2,1H3,(H,19,26)(H,22,25). The van der Waals surface area contributed by atoms with Gasteiger partial charge in [-0.15, -0.1) is 0 Å². The van der Waals surface area contributed by atoms with E-state index in [0.717, 1.165) is 4.90 Å². The van der Waals surface area contributed by atoms with Crippen molar-refractivity contribution in [3.63, 3.8) is 0 Å². The number of carbonyl (C=O) groups is 3. The predicted molar refractivity (Wildman–Crippen MR) is 98.8 cm³/mol. The van der Waals surface area contributed by atoms with E-state index >= 15 is 0 Å². The largest absolute Gasteiger partial charge is 0.481 e. The lowest BCUT2D eigenvalue weighted by Gasteiger charge is -2.13. The summed E-state index contributed by atoms with van der Waals surface area (Å²) in [5.41, 5.74) is 1.56. The fraction of sp³-hybridized carbons (Fsp3) is 0.222. The third kappa shape index (κ3) is 4.51. The van der Waals surface area contributed by atoms with Crippen molar-refractivity contribution in [1.82, 2.24) is 15.2 Å². The van der Waals surface area contributed by atoms with Crippen LogP contribution in [0.1, 0.15) is 10.4 Å². The number of benzene rings is 1. The van der Waals surface area contributed by atoms with Crippen LogP contribution in [0.4, 0.5) is 16.2 Å². The van der Waals surface area contributed by atoms with E-state index in [9.17, 15) is 14.4 Å². The van der Waals surface area contributed by atoms with E-state index in [1.807, 2.05) is 0 Å². The lowest BCUT2D eigenvalue weighted by molar-refractivity contribution is -0.125. The van der Waals surface area contributed by atoms with Gasteiger partial charge < -0.3 is 20.7 Å². The molecule has 9 nitrogen and oxygen atoms in total. The first kappa shape index (κ1) is 18.2. The Kier molecular flexibility index (Phi) is 5.50. The summed E-state index contributed by atoms with van der Waals surface area (Å²) in [4.78, 5) is 41.1. The summed E-state index contributed by atoms with van der Waals surface area (Å²) in [5, 5.41) is 8.25. The van der Waals surface area contributed by atoms with E-state index in [1.165, 1.54) is 13.3 Å². The van der Waals surface area contributed by atoms with Gasteiger partial charge in [0.15, 0.2) is 0 Å². The van der Waals surface area contributed by atoms with Crippen LogP contribution < -0.4 is 20.7 Å². The molecule has 2 aromatic rings. The van der Waals surface area contributed by atoms with Crippen LogP contribution in [0, 0.1) is 0 Å². The van der Waals surface area contributed by atoms with E-state index in [4.69, 9.17) is 4.74 Å². The third-order valence-electron chi connectivity index (χ3n) is 3.93.